The number of hydrogen-bond acceptors (Lipinski definition) is 3. The molecule has 1 heterocycles. The number of benzene rings is 1. The summed E-state index contributed by atoms with van der Waals surface area (Å²) in [4.78, 5) is 18.6. The van der Waals surface area contributed by atoms with Crippen LogP contribution in [0.3, 0.4) is 0 Å². The minimum Gasteiger partial charge on any atom is -0.481 e. The van der Waals surface area contributed by atoms with Crippen LogP contribution >= 0.6 is 0 Å². The van der Waals surface area contributed by atoms with Crippen LogP contribution in [0.1, 0.15) is 32.4 Å². The quantitative estimate of drug-likeness (QED) is 0.785. The fourth-order valence-electron chi connectivity index (χ4n) is 2.37. The molecule has 0 unspecified atom stereocenters. The molecular weight excluding hydrogens is 276 g/mol. The van der Waals surface area contributed by atoms with Gasteiger partial charge in [0.25, 0.3) is 5.91 Å². The van der Waals surface area contributed by atoms with Crippen molar-refractivity contribution < 1.29 is 9.53 Å². The molecule has 0 spiro atoms. The minimum atomic E-state index is 0.0283. The van der Waals surface area contributed by atoms with Gasteiger partial charge in [-0.1, -0.05) is 31.5 Å². The summed E-state index contributed by atoms with van der Waals surface area (Å²) in [6.45, 7) is 7.64. The summed E-state index contributed by atoms with van der Waals surface area (Å²) in [5.41, 5.74) is 1.75. The second-order valence-corrected chi connectivity index (χ2v) is 5.40. The van der Waals surface area contributed by atoms with E-state index >= 15 is 0 Å². The Kier molecular flexibility index (Phi) is 5.75. The number of ether oxygens (including phenoxy) is 1. The van der Waals surface area contributed by atoms with Crippen molar-refractivity contribution in [2.24, 2.45) is 0 Å². The number of aryl methyl sites for hydroxylation is 1. The molecule has 0 aliphatic heterocycles. The number of carbonyl (C=O) groups excluding carboxylic acids is 1. The third-order valence-electron chi connectivity index (χ3n) is 3.69. The van der Waals surface area contributed by atoms with E-state index < -0.39 is 0 Å². The zero-order valence-electron chi connectivity index (χ0n) is 13.6. The largest absolute Gasteiger partial charge is 0.481 e. The molecule has 1 aromatic heterocycles. The highest BCUT2D eigenvalue weighted by molar-refractivity contribution is 5.85. The summed E-state index contributed by atoms with van der Waals surface area (Å²) in [5, 5.41) is 1.02. The molecule has 0 aliphatic carbocycles. The Balaban J connectivity index is 2.08. The van der Waals surface area contributed by atoms with Gasteiger partial charge in [-0.2, -0.15) is 0 Å². The second kappa shape index (κ2) is 7.78. The van der Waals surface area contributed by atoms with E-state index in [1.54, 1.807) is 0 Å². The third kappa shape index (κ3) is 3.97. The summed E-state index contributed by atoms with van der Waals surface area (Å²) in [6, 6.07) is 9.78. The van der Waals surface area contributed by atoms with Gasteiger partial charge in [0.1, 0.15) is 11.3 Å². The molecule has 4 heteroatoms. The topological polar surface area (TPSA) is 42.4 Å². The lowest BCUT2D eigenvalue weighted by atomic mass is 10.2. The Labute approximate surface area is 132 Å². The number of fused-ring (bicyclic) bond motifs is 1. The first kappa shape index (κ1) is 16.3. The van der Waals surface area contributed by atoms with Crippen LogP contribution < -0.4 is 4.74 Å². The van der Waals surface area contributed by atoms with Gasteiger partial charge in [0, 0.05) is 24.2 Å². The molecule has 118 valence electrons. The summed E-state index contributed by atoms with van der Waals surface area (Å²) in [6.07, 6.45) is 2.10. The lowest BCUT2D eigenvalue weighted by Gasteiger charge is -2.20. The van der Waals surface area contributed by atoms with Crippen molar-refractivity contribution in [3.05, 3.63) is 36.0 Å². The number of unbranched alkanes of at least 4 members (excludes halogenated alkanes) is 1. The molecule has 0 bridgehead atoms. The number of hydrogen-bond donors (Lipinski definition) is 0. The van der Waals surface area contributed by atoms with E-state index in [-0.39, 0.29) is 12.5 Å². The zero-order valence-corrected chi connectivity index (χ0v) is 13.6. The van der Waals surface area contributed by atoms with Crippen LogP contribution in [0.2, 0.25) is 0 Å². The molecular formula is C18H24N2O2. The highest BCUT2D eigenvalue weighted by atomic mass is 16.5. The van der Waals surface area contributed by atoms with Crippen molar-refractivity contribution in [2.45, 2.75) is 33.6 Å². The SMILES string of the molecule is CCCCN(CC)C(=O)COc1cccc2ccc(C)nc12. The summed E-state index contributed by atoms with van der Waals surface area (Å²) in [5.74, 6) is 0.696. The van der Waals surface area contributed by atoms with Crippen LogP contribution in [-0.4, -0.2) is 35.5 Å². The van der Waals surface area contributed by atoms with Gasteiger partial charge < -0.3 is 9.64 Å². The first-order valence-electron chi connectivity index (χ1n) is 7.92. The molecule has 0 saturated carbocycles. The predicted octanol–water partition coefficient (Wildman–Crippen LogP) is 3.57. The van der Waals surface area contributed by atoms with Gasteiger partial charge in [0.15, 0.2) is 6.61 Å². The van der Waals surface area contributed by atoms with Gasteiger partial charge in [0.2, 0.25) is 0 Å². The van der Waals surface area contributed by atoms with Crippen molar-refractivity contribution >= 4 is 16.8 Å². The predicted molar refractivity (Wildman–Crippen MR) is 89.1 cm³/mol. The van der Waals surface area contributed by atoms with Crippen LogP contribution in [0.15, 0.2) is 30.3 Å². The van der Waals surface area contributed by atoms with Crippen molar-refractivity contribution in [1.29, 1.82) is 0 Å². The molecule has 22 heavy (non-hydrogen) atoms. The van der Waals surface area contributed by atoms with Gasteiger partial charge in [0.05, 0.1) is 0 Å². The zero-order chi connectivity index (χ0) is 15.9. The molecule has 4 nitrogen and oxygen atoms in total. The average Bonchev–Trinajstić information content (AvgIpc) is 2.53. The first-order valence-corrected chi connectivity index (χ1v) is 7.92. The molecule has 0 fully saturated rings. The Bertz CT molecular complexity index is 640. The maximum Gasteiger partial charge on any atom is 0.260 e. The summed E-state index contributed by atoms with van der Waals surface area (Å²) < 4.78 is 5.75. The Hall–Kier alpha value is -2.10. The number of para-hydroxylation sites is 1. The van der Waals surface area contributed by atoms with Crippen molar-refractivity contribution in [3.63, 3.8) is 0 Å². The molecule has 0 saturated heterocycles. The van der Waals surface area contributed by atoms with Gasteiger partial charge >= 0.3 is 0 Å². The summed E-state index contributed by atoms with van der Waals surface area (Å²) >= 11 is 0. The number of amides is 1. The van der Waals surface area contributed by atoms with Gasteiger partial charge in [-0.25, -0.2) is 4.98 Å². The molecule has 2 rings (SSSR count). The van der Waals surface area contributed by atoms with E-state index in [2.05, 4.69) is 11.9 Å². The maximum atomic E-state index is 12.2. The number of nitrogens with zero attached hydrogens (tertiary/aromatic N) is 2. The van der Waals surface area contributed by atoms with Gasteiger partial charge in [-0.3, -0.25) is 4.79 Å². The standard InChI is InChI=1S/C18H24N2O2/c1-4-6-12-20(5-2)17(21)13-22-16-9-7-8-15-11-10-14(3)19-18(15)16/h7-11H,4-6,12-13H2,1-3H3. The third-order valence-corrected chi connectivity index (χ3v) is 3.69. The first-order chi connectivity index (χ1) is 10.7. The van der Waals surface area contributed by atoms with Crippen LogP contribution in [0.25, 0.3) is 10.9 Å². The Morgan fingerprint density at radius 1 is 1.23 bits per heavy atom. The molecule has 2 aromatic rings. The monoisotopic (exact) mass is 300 g/mol. The Morgan fingerprint density at radius 2 is 2.05 bits per heavy atom. The number of carbonyl (C=O) groups is 1. The number of rotatable bonds is 7. The molecule has 0 radical (unpaired) electrons. The Morgan fingerprint density at radius 3 is 2.77 bits per heavy atom. The van der Waals surface area contributed by atoms with Crippen molar-refractivity contribution in [1.82, 2.24) is 9.88 Å². The normalized spacial score (nSPS) is 10.7. The molecule has 1 amide bonds. The minimum absolute atomic E-state index is 0.0283. The van der Waals surface area contributed by atoms with E-state index in [1.165, 1.54) is 0 Å². The highest BCUT2D eigenvalue weighted by Crippen LogP contribution is 2.23. The highest BCUT2D eigenvalue weighted by Gasteiger charge is 2.13. The van der Waals surface area contributed by atoms with E-state index in [0.29, 0.717) is 5.75 Å². The number of aromatic nitrogens is 1. The lowest BCUT2D eigenvalue weighted by molar-refractivity contribution is -0.133. The van der Waals surface area contributed by atoms with Crippen LogP contribution in [0, 0.1) is 6.92 Å². The fraction of sp³-hybridized carbons (Fsp3) is 0.444. The molecule has 0 aliphatic rings. The van der Waals surface area contributed by atoms with Crippen LogP contribution in [0.4, 0.5) is 0 Å². The molecule has 0 atom stereocenters. The van der Waals surface area contributed by atoms with Gasteiger partial charge in [-0.15, -0.1) is 0 Å². The smallest absolute Gasteiger partial charge is 0.260 e. The van der Waals surface area contributed by atoms with Crippen molar-refractivity contribution in [2.75, 3.05) is 19.7 Å². The van der Waals surface area contributed by atoms with E-state index in [9.17, 15) is 4.79 Å². The summed E-state index contributed by atoms with van der Waals surface area (Å²) in [7, 11) is 0. The van der Waals surface area contributed by atoms with E-state index in [0.717, 1.165) is 42.5 Å². The maximum absolute atomic E-state index is 12.2. The van der Waals surface area contributed by atoms with E-state index in [4.69, 9.17) is 4.74 Å². The average molecular weight is 300 g/mol. The molecule has 1 aromatic carbocycles. The van der Waals surface area contributed by atoms with Crippen LogP contribution in [-0.2, 0) is 4.79 Å². The van der Waals surface area contributed by atoms with Gasteiger partial charge in [-0.05, 0) is 32.4 Å². The van der Waals surface area contributed by atoms with Crippen LogP contribution in [0.5, 0.6) is 5.75 Å². The molecule has 0 N–H and O–H groups in total. The lowest BCUT2D eigenvalue weighted by Crippen LogP contribution is -2.35. The number of pyridine rings is 1. The fourth-order valence-corrected chi connectivity index (χ4v) is 2.37. The second-order valence-electron chi connectivity index (χ2n) is 5.40. The number of likely N-dealkylation sites (N-methyl/N-ethyl adjacent to an activating group) is 1. The van der Waals surface area contributed by atoms with E-state index in [1.807, 2.05) is 49.1 Å². The van der Waals surface area contributed by atoms with Crippen molar-refractivity contribution in [3.8, 4) is 5.75 Å².